The van der Waals surface area contributed by atoms with Gasteiger partial charge in [-0.25, -0.2) is 4.68 Å². The van der Waals surface area contributed by atoms with Gasteiger partial charge in [0.2, 0.25) is 5.91 Å². The molecule has 1 aromatic carbocycles. The van der Waals surface area contributed by atoms with E-state index in [4.69, 9.17) is 4.74 Å². The summed E-state index contributed by atoms with van der Waals surface area (Å²) in [5, 5.41) is 15.3. The summed E-state index contributed by atoms with van der Waals surface area (Å²) in [6, 6.07) is 5.87. The summed E-state index contributed by atoms with van der Waals surface area (Å²) in [5.41, 5.74) is 0.526. The Morgan fingerprint density at radius 1 is 1.28 bits per heavy atom. The Morgan fingerprint density at radius 2 is 1.92 bits per heavy atom. The minimum Gasteiger partial charge on any atom is -0.450 e. The zero-order valence-electron chi connectivity index (χ0n) is 14.7. The van der Waals surface area contributed by atoms with E-state index in [0.29, 0.717) is 22.5 Å². The Labute approximate surface area is 144 Å². The number of nitro benzene ring substituents is 1. The van der Waals surface area contributed by atoms with E-state index in [9.17, 15) is 19.7 Å². The van der Waals surface area contributed by atoms with Crippen LogP contribution in [0.4, 0.5) is 5.69 Å². The van der Waals surface area contributed by atoms with E-state index in [2.05, 4.69) is 5.10 Å². The quantitative estimate of drug-likeness (QED) is 0.479. The second-order valence-corrected chi connectivity index (χ2v) is 5.91. The third-order valence-electron chi connectivity index (χ3n) is 4.02. The van der Waals surface area contributed by atoms with Crippen molar-refractivity contribution in [2.45, 2.75) is 40.2 Å². The lowest BCUT2D eigenvalue weighted by atomic mass is 9.86. The number of hydrogen-bond donors (Lipinski definition) is 0. The zero-order valence-corrected chi connectivity index (χ0v) is 14.7. The number of aromatic nitrogens is 2. The summed E-state index contributed by atoms with van der Waals surface area (Å²) in [4.78, 5) is 34.1. The molecule has 0 bridgehead atoms. The number of nitro groups is 1. The normalized spacial score (nSPS) is 13.2. The van der Waals surface area contributed by atoms with Crippen molar-refractivity contribution in [3.05, 3.63) is 56.9 Å². The molecule has 0 saturated heterocycles. The monoisotopic (exact) mass is 345 g/mol. The van der Waals surface area contributed by atoms with Gasteiger partial charge in [-0.2, -0.15) is 5.10 Å². The van der Waals surface area contributed by atoms with Crippen LogP contribution in [-0.4, -0.2) is 26.6 Å². The van der Waals surface area contributed by atoms with Gasteiger partial charge in [-0.05, 0) is 20.8 Å². The van der Waals surface area contributed by atoms with Gasteiger partial charge >= 0.3 is 5.97 Å². The molecular weight excluding hydrogens is 326 g/mol. The maximum atomic E-state index is 11.8. The standard InChI is InChI=1S/C17H19N3O5/c1-10-16(11(2)19(18-10)12(3)21)17(5,25-13(4)22)14-7-6-8-15(9-14)20(23)24/h6-9H,1-5H3. The van der Waals surface area contributed by atoms with E-state index in [1.165, 1.54) is 36.7 Å². The first-order valence-corrected chi connectivity index (χ1v) is 7.60. The SMILES string of the molecule is CC(=O)OC(C)(c1cccc([N+](=O)[O-])c1)c1c(C)nn(C(C)=O)c1C. The lowest BCUT2D eigenvalue weighted by molar-refractivity contribution is -0.385. The Bertz CT molecular complexity index is 871. The number of benzene rings is 1. The first kappa shape index (κ1) is 18.3. The van der Waals surface area contributed by atoms with Crippen LogP contribution in [0.25, 0.3) is 0 Å². The molecule has 0 aliphatic carbocycles. The maximum absolute atomic E-state index is 11.8. The summed E-state index contributed by atoms with van der Waals surface area (Å²) in [5.74, 6) is -0.834. The number of rotatable bonds is 4. The van der Waals surface area contributed by atoms with Gasteiger partial charge in [0, 0.05) is 37.1 Å². The van der Waals surface area contributed by atoms with E-state index in [1.54, 1.807) is 26.8 Å². The number of ether oxygens (including phenoxy) is 1. The van der Waals surface area contributed by atoms with Crippen molar-refractivity contribution in [1.82, 2.24) is 9.78 Å². The molecular formula is C17H19N3O5. The fraction of sp³-hybridized carbons (Fsp3) is 0.353. The van der Waals surface area contributed by atoms with Crippen molar-refractivity contribution >= 4 is 17.6 Å². The minimum atomic E-state index is -1.32. The highest BCUT2D eigenvalue weighted by atomic mass is 16.6. The number of esters is 1. The van der Waals surface area contributed by atoms with E-state index in [-0.39, 0.29) is 11.6 Å². The molecule has 0 spiro atoms. The molecule has 0 N–H and O–H groups in total. The predicted molar refractivity (Wildman–Crippen MR) is 89.3 cm³/mol. The molecule has 1 heterocycles. The van der Waals surface area contributed by atoms with Crippen LogP contribution in [0, 0.1) is 24.0 Å². The number of aryl methyl sites for hydroxylation is 1. The molecule has 1 unspecified atom stereocenters. The van der Waals surface area contributed by atoms with Crippen molar-refractivity contribution < 1.29 is 19.2 Å². The molecule has 0 fully saturated rings. The van der Waals surface area contributed by atoms with Crippen LogP contribution in [0.2, 0.25) is 0 Å². The van der Waals surface area contributed by atoms with Gasteiger partial charge in [0.25, 0.3) is 5.69 Å². The molecule has 132 valence electrons. The molecule has 0 amide bonds. The first-order valence-electron chi connectivity index (χ1n) is 7.60. The smallest absolute Gasteiger partial charge is 0.303 e. The second kappa shape index (κ2) is 6.46. The van der Waals surface area contributed by atoms with Gasteiger partial charge in [-0.1, -0.05) is 12.1 Å². The second-order valence-electron chi connectivity index (χ2n) is 5.91. The number of non-ortho nitro benzene ring substituents is 1. The van der Waals surface area contributed by atoms with Gasteiger partial charge in [-0.3, -0.25) is 19.7 Å². The van der Waals surface area contributed by atoms with Crippen molar-refractivity contribution in [1.29, 1.82) is 0 Å². The number of nitrogens with zero attached hydrogens (tertiary/aromatic N) is 3. The molecule has 0 aliphatic heterocycles. The fourth-order valence-electron chi connectivity index (χ4n) is 3.10. The lowest BCUT2D eigenvalue weighted by Gasteiger charge is -2.30. The molecule has 25 heavy (non-hydrogen) atoms. The maximum Gasteiger partial charge on any atom is 0.303 e. The molecule has 0 saturated carbocycles. The average Bonchev–Trinajstić information content (AvgIpc) is 2.82. The highest BCUT2D eigenvalue weighted by molar-refractivity contribution is 5.76. The van der Waals surface area contributed by atoms with E-state index in [1.807, 2.05) is 0 Å². The number of carbonyl (C=O) groups excluding carboxylic acids is 2. The summed E-state index contributed by atoms with van der Waals surface area (Å²) in [7, 11) is 0. The van der Waals surface area contributed by atoms with Crippen LogP contribution in [0.3, 0.4) is 0 Å². The molecule has 0 radical (unpaired) electrons. The highest BCUT2D eigenvalue weighted by Crippen LogP contribution is 2.38. The van der Waals surface area contributed by atoms with Crippen molar-refractivity contribution in [3.8, 4) is 0 Å². The van der Waals surface area contributed by atoms with E-state index >= 15 is 0 Å². The van der Waals surface area contributed by atoms with E-state index in [0.717, 1.165) is 0 Å². The Kier molecular flexibility index (Phi) is 4.73. The molecule has 2 aromatic rings. The van der Waals surface area contributed by atoms with E-state index < -0.39 is 16.5 Å². The van der Waals surface area contributed by atoms with Crippen LogP contribution in [-0.2, 0) is 15.1 Å². The first-order chi connectivity index (χ1) is 11.6. The molecule has 1 aromatic heterocycles. The molecule has 1 atom stereocenters. The lowest BCUT2D eigenvalue weighted by Crippen LogP contribution is -2.31. The third-order valence-corrected chi connectivity index (χ3v) is 4.02. The van der Waals surface area contributed by atoms with Crippen molar-refractivity contribution in [2.24, 2.45) is 0 Å². The van der Waals surface area contributed by atoms with Crippen LogP contribution in [0.5, 0.6) is 0 Å². The summed E-state index contributed by atoms with van der Waals surface area (Å²) in [6.45, 7) is 7.65. The van der Waals surface area contributed by atoms with Gasteiger partial charge in [0.15, 0.2) is 5.60 Å². The number of carbonyl (C=O) groups is 2. The topological polar surface area (TPSA) is 104 Å². The van der Waals surface area contributed by atoms with Gasteiger partial charge in [-0.15, -0.1) is 0 Å². The minimum absolute atomic E-state index is 0.120. The number of hydrogen-bond acceptors (Lipinski definition) is 6. The summed E-state index contributed by atoms with van der Waals surface area (Å²) >= 11 is 0. The Balaban J connectivity index is 2.76. The van der Waals surface area contributed by atoms with Crippen molar-refractivity contribution in [3.63, 3.8) is 0 Å². The largest absolute Gasteiger partial charge is 0.450 e. The van der Waals surface area contributed by atoms with Crippen molar-refractivity contribution in [2.75, 3.05) is 0 Å². The van der Waals surface area contributed by atoms with Crippen LogP contribution in [0.15, 0.2) is 24.3 Å². The summed E-state index contributed by atoms with van der Waals surface area (Å²) in [6.07, 6.45) is 0. The zero-order chi connectivity index (χ0) is 18.9. The molecule has 0 aliphatic rings. The molecule has 2 rings (SSSR count). The molecule has 8 nitrogen and oxygen atoms in total. The Morgan fingerprint density at radius 3 is 2.40 bits per heavy atom. The highest BCUT2D eigenvalue weighted by Gasteiger charge is 2.39. The predicted octanol–water partition coefficient (Wildman–Crippen LogP) is 2.89. The third kappa shape index (κ3) is 3.28. The molecule has 8 heteroatoms. The van der Waals surface area contributed by atoms with Crippen LogP contribution >= 0.6 is 0 Å². The van der Waals surface area contributed by atoms with Crippen LogP contribution in [0.1, 0.15) is 48.1 Å². The Hall–Kier alpha value is -3.03. The summed E-state index contributed by atoms with van der Waals surface area (Å²) < 4.78 is 6.80. The average molecular weight is 345 g/mol. The van der Waals surface area contributed by atoms with Gasteiger partial charge in [0.05, 0.1) is 16.3 Å². The van der Waals surface area contributed by atoms with Gasteiger partial charge < -0.3 is 4.74 Å². The fourth-order valence-corrected chi connectivity index (χ4v) is 3.10. The van der Waals surface area contributed by atoms with Gasteiger partial charge in [0.1, 0.15) is 0 Å². The van der Waals surface area contributed by atoms with Crippen LogP contribution < -0.4 is 0 Å².